The lowest BCUT2D eigenvalue weighted by Crippen LogP contribution is -2.32. The molecule has 1 unspecified atom stereocenters. The summed E-state index contributed by atoms with van der Waals surface area (Å²) in [5.74, 6) is 1.01. The van der Waals surface area contributed by atoms with Crippen LogP contribution in [0.2, 0.25) is 0 Å². The predicted molar refractivity (Wildman–Crippen MR) is 70.4 cm³/mol. The Morgan fingerprint density at radius 1 is 1.47 bits per heavy atom. The van der Waals surface area contributed by atoms with Crippen LogP contribution in [0.5, 0.6) is 0 Å². The monoisotopic (exact) mass is 242 g/mol. The van der Waals surface area contributed by atoms with Crippen LogP contribution in [-0.4, -0.2) is 48.7 Å². The van der Waals surface area contributed by atoms with E-state index in [1.807, 2.05) is 0 Å². The highest BCUT2D eigenvalue weighted by atomic mass is 16.4. The van der Waals surface area contributed by atoms with Crippen molar-refractivity contribution in [1.82, 2.24) is 10.2 Å². The van der Waals surface area contributed by atoms with E-state index >= 15 is 0 Å². The molecule has 1 atom stereocenters. The molecule has 5 nitrogen and oxygen atoms in total. The van der Waals surface area contributed by atoms with E-state index < -0.39 is 0 Å². The Labute approximate surface area is 104 Å². The first-order valence-corrected chi connectivity index (χ1v) is 6.62. The molecule has 0 aromatic carbocycles. The fourth-order valence-corrected chi connectivity index (χ4v) is 2.26. The van der Waals surface area contributed by atoms with Gasteiger partial charge >= 0.3 is 0 Å². The van der Waals surface area contributed by atoms with Gasteiger partial charge < -0.3 is 21.2 Å². The minimum absolute atomic E-state index is 0.317. The number of nitrogens with two attached hydrogens (primary N) is 1. The topological polar surface area (TPSA) is 73.9 Å². The Hall–Kier alpha value is -0.810. The molecule has 1 rings (SSSR count). The standard InChI is InChI=1S/C12H26N4O/c1-11(10-16-7-2-3-8-16)9-14-6-4-5-12(13)15-17/h11,14,17H,2-10H2,1H3,(H2,13,15). The molecule has 100 valence electrons. The molecule has 1 aliphatic heterocycles. The van der Waals surface area contributed by atoms with E-state index in [4.69, 9.17) is 10.9 Å². The molecule has 1 aliphatic rings. The molecule has 1 fully saturated rings. The van der Waals surface area contributed by atoms with Gasteiger partial charge in [-0.15, -0.1) is 0 Å². The molecule has 0 amide bonds. The first kappa shape index (κ1) is 14.3. The summed E-state index contributed by atoms with van der Waals surface area (Å²) in [6, 6.07) is 0. The second-order valence-corrected chi connectivity index (χ2v) is 5.01. The van der Waals surface area contributed by atoms with Crippen LogP contribution in [0.15, 0.2) is 5.16 Å². The van der Waals surface area contributed by atoms with E-state index in [0.717, 1.165) is 19.5 Å². The van der Waals surface area contributed by atoms with Crippen LogP contribution < -0.4 is 11.1 Å². The van der Waals surface area contributed by atoms with Crippen molar-refractivity contribution in [1.29, 1.82) is 0 Å². The van der Waals surface area contributed by atoms with Gasteiger partial charge in [0.2, 0.25) is 0 Å². The molecule has 5 heteroatoms. The average molecular weight is 242 g/mol. The second-order valence-electron chi connectivity index (χ2n) is 5.01. The summed E-state index contributed by atoms with van der Waals surface area (Å²) in [6.07, 6.45) is 4.30. The summed E-state index contributed by atoms with van der Waals surface area (Å²) in [4.78, 5) is 2.54. The van der Waals surface area contributed by atoms with E-state index in [1.54, 1.807) is 0 Å². The summed E-state index contributed by atoms with van der Waals surface area (Å²) in [5, 5.41) is 14.7. The van der Waals surface area contributed by atoms with Gasteiger partial charge in [-0.05, 0) is 51.4 Å². The van der Waals surface area contributed by atoms with Gasteiger partial charge in [0, 0.05) is 13.0 Å². The third kappa shape index (κ3) is 6.48. The van der Waals surface area contributed by atoms with Gasteiger partial charge in [0.15, 0.2) is 0 Å². The Morgan fingerprint density at radius 3 is 2.82 bits per heavy atom. The molecule has 0 aromatic heterocycles. The largest absolute Gasteiger partial charge is 0.409 e. The van der Waals surface area contributed by atoms with Crippen LogP contribution in [0.25, 0.3) is 0 Å². The Bertz CT molecular complexity index is 227. The van der Waals surface area contributed by atoms with Crippen molar-refractivity contribution in [2.45, 2.75) is 32.6 Å². The van der Waals surface area contributed by atoms with E-state index in [9.17, 15) is 0 Å². The number of oxime groups is 1. The average Bonchev–Trinajstić information content (AvgIpc) is 2.81. The van der Waals surface area contributed by atoms with Crippen LogP contribution in [-0.2, 0) is 0 Å². The maximum atomic E-state index is 8.38. The first-order chi connectivity index (χ1) is 8.22. The molecule has 1 heterocycles. The smallest absolute Gasteiger partial charge is 0.139 e. The van der Waals surface area contributed by atoms with Crippen LogP contribution in [0.3, 0.4) is 0 Å². The molecule has 0 aliphatic carbocycles. The zero-order chi connectivity index (χ0) is 12.5. The number of amidine groups is 1. The molecule has 0 bridgehead atoms. The number of rotatable bonds is 8. The van der Waals surface area contributed by atoms with Crippen LogP contribution >= 0.6 is 0 Å². The second kappa shape index (κ2) is 8.31. The van der Waals surface area contributed by atoms with Gasteiger partial charge in [-0.25, -0.2) is 0 Å². The van der Waals surface area contributed by atoms with E-state index in [2.05, 4.69) is 22.3 Å². The SMILES string of the molecule is CC(CNCCCC(N)=NO)CN1CCCC1. The Balaban J connectivity index is 1.94. The summed E-state index contributed by atoms with van der Waals surface area (Å²) in [6.45, 7) is 8.01. The zero-order valence-electron chi connectivity index (χ0n) is 10.9. The number of hydrogen-bond acceptors (Lipinski definition) is 4. The lowest BCUT2D eigenvalue weighted by Gasteiger charge is -2.20. The molecular weight excluding hydrogens is 216 g/mol. The quantitative estimate of drug-likeness (QED) is 0.194. The lowest BCUT2D eigenvalue weighted by atomic mass is 10.1. The van der Waals surface area contributed by atoms with Crippen molar-refractivity contribution in [3.05, 3.63) is 0 Å². The summed E-state index contributed by atoms with van der Waals surface area (Å²) in [5.41, 5.74) is 5.39. The molecule has 0 spiro atoms. The molecule has 0 aromatic rings. The molecule has 17 heavy (non-hydrogen) atoms. The highest BCUT2D eigenvalue weighted by Gasteiger charge is 2.13. The number of nitrogens with one attached hydrogen (secondary N) is 1. The molecule has 0 radical (unpaired) electrons. The van der Waals surface area contributed by atoms with Crippen molar-refractivity contribution in [3.8, 4) is 0 Å². The third-order valence-electron chi connectivity index (χ3n) is 3.18. The van der Waals surface area contributed by atoms with Crippen LogP contribution in [0.1, 0.15) is 32.6 Å². The highest BCUT2D eigenvalue weighted by Crippen LogP contribution is 2.09. The predicted octanol–water partition coefficient (Wildman–Crippen LogP) is 0.835. The van der Waals surface area contributed by atoms with Crippen molar-refractivity contribution in [2.24, 2.45) is 16.8 Å². The van der Waals surface area contributed by atoms with Crippen molar-refractivity contribution < 1.29 is 5.21 Å². The van der Waals surface area contributed by atoms with Crippen LogP contribution in [0.4, 0.5) is 0 Å². The van der Waals surface area contributed by atoms with Crippen molar-refractivity contribution in [2.75, 3.05) is 32.7 Å². The first-order valence-electron chi connectivity index (χ1n) is 6.62. The minimum Gasteiger partial charge on any atom is -0.409 e. The normalized spacial score (nSPS) is 19.7. The van der Waals surface area contributed by atoms with Crippen LogP contribution in [0, 0.1) is 5.92 Å². The summed E-state index contributed by atoms with van der Waals surface area (Å²) >= 11 is 0. The maximum absolute atomic E-state index is 8.38. The fourth-order valence-electron chi connectivity index (χ4n) is 2.26. The maximum Gasteiger partial charge on any atom is 0.139 e. The Morgan fingerprint density at radius 2 is 2.18 bits per heavy atom. The number of hydrogen-bond donors (Lipinski definition) is 3. The van der Waals surface area contributed by atoms with Crippen molar-refractivity contribution in [3.63, 3.8) is 0 Å². The highest BCUT2D eigenvalue weighted by molar-refractivity contribution is 5.79. The van der Waals surface area contributed by atoms with Gasteiger partial charge in [0.25, 0.3) is 0 Å². The van der Waals surface area contributed by atoms with Gasteiger partial charge in [-0.3, -0.25) is 0 Å². The molecular formula is C12H26N4O. The molecule has 0 saturated carbocycles. The zero-order valence-corrected chi connectivity index (χ0v) is 10.9. The Kier molecular flexibility index (Phi) is 6.96. The molecule has 4 N–H and O–H groups in total. The van der Waals surface area contributed by atoms with Crippen molar-refractivity contribution >= 4 is 5.84 Å². The molecule has 1 saturated heterocycles. The van der Waals surface area contributed by atoms with Gasteiger partial charge in [-0.1, -0.05) is 12.1 Å². The lowest BCUT2D eigenvalue weighted by molar-refractivity contribution is 0.283. The van der Waals surface area contributed by atoms with Gasteiger partial charge in [0.05, 0.1) is 0 Å². The number of nitrogens with zero attached hydrogens (tertiary/aromatic N) is 2. The summed E-state index contributed by atoms with van der Waals surface area (Å²) < 4.78 is 0. The van der Waals surface area contributed by atoms with Gasteiger partial charge in [-0.2, -0.15) is 0 Å². The van der Waals surface area contributed by atoms with Gasteiger partial charge in [0.1, 0.15) is 5.84 Å². The number of likely N-dealkylation sites (tertiary alicyclic amines) is 1. The third-order valence-corrected chi connectivity index (χ3v) is 3.18. The van der Waals surface area contributed by atoms with E-state index in [1.165, 1.54) is 32.5 Å². The minimum atomic E-state index is 0.317. The fraction of sp³-hybridized carbons (Fsp3) is 0.917. The van der Waals surface area contributed by atoms with E-state index in [-0.39, 0.29) is 0 Å². The summed E-state index contributed by atoms with van der Waals surface area (Å²) in [7, 11) is 0. The van der Waals surface area contributed by atoms with E-state index in [0.29, 0.717) is 18.2 Å².